The molecule has 4 nitrogen and oxygen atoms in total. The van der Waals surface area contributed by atoms with E-state index in [1.54, 1.807) is 6.07 Å². The van der Waals surface area contributed by atoms with Gasteiger partial charge in [-0.05, 0) is 43.6 Å². The zero-order valence-electron chi connectivity index (χ0n) is 10.0. The zero-order chi connectivity index (χ0) is 12.1. The Bertz CT molecular complexity index is 387. The Morgan fingerprint density at radius 3 is 3.18 bits per heavy atom. The first kappa shape index (κ1) is 11.9. The lowest BCUT2D eigenvalue weighted by Gasteiger charge is -2.11. The molecule has 1 aliphatic rings. The van der Waals surface area contributed by atoms with Crippen LogP contribution in [0.2, 0.25) is 0 Å². The van der Waals surface area contributed by atoms with Crippen LogP contribution in [0.15, 0.2) is 24.3 Å². The number of hydrogen-bond donors (Lipinski definition) is 2. The Balaban J connectivity index is 1.93. The fraction of sp³-hybridized carbons (Fsp3) is 0.462. The molecule has 92 valence electrons. The summed E-state index contributed by atoms with van der Waals surface area (Å²) in [5, 5.41) is 6.69. The number of benzene rings is 1. The minimum Gasteiger partial charge on any atom is -0.465 e. The summed E-state index contributed by atoms with van der Waals surface area (Å²) in [7, 11) is 1.40. The molecule has 0 aromatic heterocycles. The van der Waals surface area contributed by atoms with Gasteiger partial charge in [0.05, 0.1) is 12.7 Å². The highest BCUT2D eigenvalue weighted by atomic mass is 16.5. The summed E-state index contributed by atoms with van der Waals surface area (Å²) in [4.78, 5) is 11.4. The van der Waals surface area contributed by atoms with Crippen LogP contribution in [0.1, 0.15) is 16.8 Å². The van der Waals surface area contributed by atoms with Crippen molar-refractivity contribution in [3.63, 3.8) is 0 Å². The van der Waals surface area contributed by atoms with E-state index in [1.165, 1.54) is 13.5 Å². The van der Waals surface area contributed by atoms with Crippen molar-refractivity contribution >= 4 is 11.7 Å². The van der Waals surface area contributed by atoms with Crippen LogP contribution in [-0.4, -0.2) is 32.7 Å². The predicted molar refractivity (Wildman–Crippen MR) is 67.2 cm³/mol. The van der Waals surface area contributed by atoms with E-state index in [2.05, 4.69) is 10.6 Å². The van der Waals surface area contributed by atoms with Gasteiger partial charge in [-0.25, -0.2) is 4.79 Å². The van der Waals surface area contributed by atoms with Crippen LogP contribution in [0.25, 0.3) is 0 Å². The molecule has 0 aliphatic carbocycles. The van der Waals surface area contributed by atoms with Gasteiger partial charge in [-0.1, -0.05) is 6.07 Å². The number of nitrogens with one attached hydrogen (secondary N) is 2. The number of carbonyl (C=O) groups excluding carboxylic acids is 1. The van der Waals surface area contributed by atoms with Gasteiger partial charge in [0.2, 0.25) is 0 Å². The number of anilines is 1. The van der Waals surface area contributed by atoms with E-state index in [9.17, 15) is 4.79 Å². The molecule has 0 saturated carbocycles. The minimum absolute atomic E-state index is 0.295. The van der Waals surface area contributed by atoms with E-state index in [-0.39, 0.29) is 5.97 Å². The average molecular weight is 234 g/mol. The number of carbonyl (C=O) groups is 1. The van der Waals surface area contributed by atoms with Crippen LogP contribution in [0.4, 0.5) is 5.69 Å². The lowest BCUT2D eigenvalue weighted by Crippen LogP contribution is -2.17. The second-order valence-corrected chi connectivity index (χ2v) is 4.31. The van der Waals surface area contributed by atoms with Gasteiger partial charge >= 0.3 is 5.97 Å². The van der Waals surface area contributed by atoms with Crippen LogP contribution in [-0.2, 0) is 4.74 Å². The molecule has 0 bridgehead atoms. The normalized spacial score (nSPS) is 19.0. The topological polar surface area (TPSA) is 50.4 Å². The number of hydrogen-bond acceptors (Lipinski definition) is 4. The smallest absolute Gasteiger partial charge is 0.337 e. The third-order valence-electron chi connectivity index (χ3n) is 3.04. The number of rotatable bonds is 4. The molecule has 1 saturated heterocycles. The highest BCUT2D eigenvalue weighted by molar-refractivity contribution is 5.90. The molecule has 1 heterocycles. The van der Waals surface area contributed by atoms with Gasteiger partial charge in [0.25, 0.3) is 0 Å². The van der Waals surface area contributed by atoms with Crippen molar-refractivity contribution in [3.05, 3.63) is 29.8 Å². The van der Waals surface area contributed by atoms with Crippen LogP contribution in [0, 0.1) is 5.92 Å². The Labute approximate surface area is 101 Å². The SMILES string of the molecule is COC(=O)c1cccc(NCC2CCNC2)c1. The quantitative estimate of drug-likeness (QED) is 0.775. The van der Waals surface area contributed by atoms with E-state index < -0.39 is 0 Å². The summed E-state index contributed by atoms with van der Waals surface area (Å²) in [6.45, 7) is 3.12. The molecule has 1 atom stereocenters. The molecule has 1 unspecified atom stereocenters. The predicted octanol–water partition coefficient (Wildman–Crippen LogP) is 1.49. The molecule has 1 aromatic carbocycles. The van der Waals surface area contributed by atoms with Crippen LogP contribution < -0.4 is 10.6 Å². The lowest BCUT2D eigenvalue weighted by molar-refractivity contribution is 0.0601. The molecule has 2 N–H and O–H groups in total. The van der Waals surface area contributed by atoms with Crippen molar-refractivity contribution in [3.8, 4) is 0 Å². The highest BCUT2D eigenvalue weighted by Crippen LogP contribution is 2.14. The second-order valence-electron chi connectivity index (χ2n) is 4.31. The Morgan fingerprint density at radius 1 is 1.59 bits per heavy atom. The van der Waals surface area contributed by atoms with E-state index in [1.807, 2.05) is 18.2 Å². The molecule has 1 fully saturated rings. The summed E-state index contributed by atoms with van der Waals surface area (Å²) in [5.74, 6) is 0.382. The molecule has 0 amide bonds. The summed E-state index contributed by atoms with van der Waals surface area (Å²) < 4.78 is 4.69. The van der Waals surface area contributed by atoms with E-state index in [0.29, 0.717) is 11.5 Å². The van der Waals surface area contributed by atoms with E-state index in [0.717, 1.165) is 25.3 Å². The van der Waals surface area contributed by atoms with Gasteiger partial charge in [-0.2, -0.15) is 0 Å². The third kappa shape index (κ3) is 3.20. The van der Waals surface area contributed by atoms with Gasteiger partial charge in [0.1, 0.15) is 0 Å². The number of esters is 1. The maximum atomic E-state index is 11.4. The molecule has 4 heteroatoms. The summed E-state index contributed by atoms with van der Waals surface area (Å²) in [6, 6.07) is 7.42. The zero-order valence-corrected chi connectivity index (χ0v) is 10.0. The summed E-state index contributed by atoms with van der Waals surface area (Å²) in [5.41, 5.74) is 1.56. The van der Waals surface area contributed by atoms with Gasteiger partial charge in [-0.15, -0.1) is 0 Å². The van der Waals surface area contributed by atoms with Crippen molar-refractivity contribution in [2.24, 2.45) is 5.92 Å². The van der Waals surface area contributed by atoms with Crippen molar-refractivity contribution in [1.29, 1.82) is 0 Å². The Hall–Kier alpha value is -1.55. The molecule has 0 spiro atoms. The first-order valence-corrected chi connectivity index (χ1v) is 5.92. The van der Waals surface area contributed by atoms with E-state index >= 15 is 0 Å². The molecule has 1 aromatic rings. The maximum Gasteiger partial charge on any atom is 0.337 e. The van der Waals surface area contributed by atoms with E-state index in [4.69, 9.17) is 4.74 Å². The van der Waals surface area contributed by atoms with Gasteiger partial charge in [0.15, 0.2) is 0 Å². The third-order valence-corrected chi connectivity index (χ3v) is 3.04. The van der Waals surface area contributed by atoms with Crippen LogP contribution >= 0.6 is 0 Å². The monoisotopic (exact) mass is 234 g/mol. The van der Waals surface area contributed by atoms with Crippen molar-refractivity contribution in [1.82, 2.24) is 5.32 Å². The number of methoxy groups -OCH3 is 1. The highest BCUT2D eigenvalue weighted by Gasteiger charge is 2.14. The molecule has 17 heavy (non-hydrogen) atoms. The van der Waals surface area contributed by atoms with Crippen LogP contribution in [0.5, 0.6) is 0 Å². The average Bonchev–Trinajstić information content (AvgIpc) is 2.89. The summed E-state index contributed by atoms with van der Waals surface area (Å²) >= 11 is 0. The maximum absolute atomic E-state index is 11.4. The summed E-state index contributed by atoms with van der Waals surface area (Å²) in [6.07, 6.45) is 1.21. The molecule has 2 rings (SSSR count). The molecule has 1 aliphatic heterocycles. The fourth-order valence-electron chi connectivity index (χ4n) is 2.02. The number of ether oxygens (including phenoxy) is 1. The van der Waals surface area contributed by atoms with Crippen molar-refractivity contribution < 1.29 is 9.53 Å². The largest absolute Gasteiger partial charge is 0.465 e. The van der Waals surface area contributed by atoms with Gasteiger partial charge in [0, 0.05) is 12.2 Å². The van der Waals surface area contributed by atoms with Crippen molar-refractivity contribution in [2.45, 2.75) is 6.42 Å². The Morgan fingerprint density at radius 2 is 2.47 bits per heavy atom. The van der Waals surface area contributed by atoms with Crippen molar-refractivity contribution in [2.75, 3.05) is 32.1 Å². The molecule has 0 radical (unpaired) electrons. The second kappa shape index (κ2) is 5.68. The lowest BCUT2D eigenvalue weighted by atomic mass is 10.1. The minimum atomic E-state index is -0.295. The van der Waals surface area contributed by atoms with Gasteiger partial charge < -0.3 is 15.4 Å². The van der Waals surface area contributed by atoms with Gasteiger partial charge in [-0.3, -0.25) is 0 Å². The van der Waals surface area contributed by atoms with Crippen LogP contribution in [0.3, 0.4) is 0 Å². The fourth-order valence-corrected chi connectivity index (χ4v) is 2.02. The first-order chi connectivity index (χ1) is 8.29. The molecular formula is C13H18N2O2. The first-order valence-electron chi connectivity index (χ1n) is 5.92. The molecular weight excluding hydrogens is 216 g/mol. The Kier molecular flexibility index (Phi) is 3.98. The standard InChI is InChI=1S/C13H18N2O2/c1-17-13(16)11-3-2-4-12(7-11)15-9-10-5-6-14-8-10/h2-4,7,10,14-15H,5-6,8-9H2,1H3.